The summed E-state index contributed by atoms with van der Waals surface area (Å²) < 4.78 is 0. The highest BCUT2D eigenvalue weighted by atomic mass is 16.3. The van der Waals surface area contributed by atoms with Gasteiger partial charge >= 0.3 is 0 Å². The minimum atomic E-state index is 0.204. The lowest BCUT2D eigenvalue weighted by Crippen LogP contribution is -1.81. The maximum Gasteiger partial charge on any atom is 0.118 e. The van der Waals surface area contributed by atoms with E-state index in [0.29, 0.717) is 11.3 Å². The zero-order chi connectivity index (χ0) is 8.43. The van der Waals surface area contributed by atoms with Crippen LogP contribution in [0.4, 0.5) is 5.69 Å². The maximum absolute atomic E-state index is 10.2. The second-order valence-electron chi connectivity index (χ2n) is 2.45. The van der Waals surface area contributed by atoms with Crippen molar-refractivity contribution in [1.29, 1.82) is 0 Å². The van der Waals surface area contributed by atoms with E-state index in [1.807, 2.05) is 0 Å². The molecule has 0 spiro atoms. The molecule has 0 saturated heterocycles. The molecule has 0 radical (unpaired) electrons. The highest BCUT2D eigenvalue weighted by molar-refractivity contribution is 5.53. The van der Waals surface area contributed by atoms with E-state index in [1.54, 1.807) is 13.8 Å². The van der Waals surface area contributed by atoms with Crippen LogP contribution < -0.4 is 0 Å². The van der Waals surface area contributed by atoms with Gasteiger partial charge in [0.05, 0.1) is 0 Å². The largest absolute Gasteiger partial charge is 0.508 e. The number of nitroso groups, excluding NO2 is 1. The van der Waals surface area contributed by atoms with E-state index in [0.717, 1.165) is 5.56 Å². The van der Waals surface area contributed by atoms with Gasteiger partial charge in [-0.2, -0.15) is 0 Å². The minimum absolute atomic E-state index is 0.204. The number of rotatable bonds is 1. The van der Waals surface area contributed by atoms with Crippen LogP contribution in [-0.4, -0.2) is 5.11 Å². The highest BCUT2D eigenvalue weighted by Crippen LogP contribution is 2.27. The molecule has 0 aliphatic heterocycles. The van der Waals surface area contributed by atoms with Gasteiger partial charge in [-0.25, -0.2) is 0 Å². The van der Waals surface area contributed by atoms with Gasteiger partial charge in [-0.1, -0.05) is 0 Å². The molecule has 1 rings (SSSR count). The molecule has 0 bridgehead atoms. The zero-order valence-corrected chi connectivity index (χ0v) is 6.46. The first-order chi connectivity index (χ1) is 5.16. The standard InChI is InChI=1S/C8H9NO2/c1-5-6(2)8(10)4-3-7(5)9-11/h3-4,10H,1-2H3. The van der Waals surface area contributed by atoms with Crippen LogP contribution in [0.25, 0.3) is 0 Å². The summed E-state index contributed by atoms with van der Waals surface area (Å²) in [5.74, 6) is 0.204. The van der Waals surface area contributed by atoms with E-state index in [-0.39, 0.29) is 5.75 Å². The fourth-order valence-corrected chi connectivity index (χ4v) is 0.891. The lowest BCUT2D eigenvalue weighted by atomic mass is 10.1. The molecule has 1 N–H and O–H groups in total. The molecule has 1 aromatic carbocycles. The van der Waals surface area contributed by atoms with Crippen LogP contribution in [-0.2, 0) is 0 Å². The van der Waals surface area contributed by atoms with E-state index < -0.39 is 0 Å². The predicted molar refractivity (Wildman–Crippen MR) is 43.0 cm³/mol. The molecule has 0 aliphatic rings. The Labute approximate surface area is 64.7 Å². The molecule has 0 unspecified atom stereocenters. The average Bonchev–Trinajstić information content (AvgIpc) is 2.01. The first kappa shape index (κ1) is 7.72. The monoisotopic (exact) mass is 151 g/mol. The summed E-state index contributed by atoms with van der Waals surface area (Å²) >= 11 is 0. The topological polar surface area (TPSA) is 49.7 Å². The molecule has 3 heteroatoms. The number of phenolic OH excluding ortho intramolecular Hbond substituents is 1. The Morgan fingerprint density at radius 3 is 2.45 bits per heavy atom. The Bertz CT molecular complexity index is 294. The van der Waals surface area contributed by atoms with Crippen molar-refractivity contribution in [1.82, 2.24) is 0 Å². The van der Waals surface area contributed by atoms with Crippen molar-refractivity contribution in [2.45, 2.75) is 13.8 Å². The van der Waals surface area contributed by atoms with E-state index in [9.17, 15) is 10.0 Å². The van der Waals surface area contributed by atoms with Gasteiger partial charge in [-0.3, -0.25) is 0 Å². The Balaban J connectivity index is 3.36. The molecule has 0 heterocycles. The first-order valence-electron chi connectivity index (χ1n) is 3.29. The summed E-state index contributed by atoms with van der Waals surface area (Å²) in [6, 6.07) is 2.98. The Hall–Kier alpha value is -1.38. The minimum Gasteiger partial charge on any atom is -0.508 e. The Morgan fingerprint density at radius 1 is 1.27 bits per heavy atom. The van der Waals surface area contributed by atoms with Crippen LogP contribution in [0.1, 0.15) is 11.1 Å². The van der Waals surface area contributed by atoms with Gasteiger partial charge in [0.1, 0.15) is 11.4 Å². The molecule has 0 amide bonds. The number of benzene rings is 1. The normalized spacial score (nSPS) is 9.64. The number of hydrogen-bond acceptors (Lipinski definition) is 3. The van der Waals surface area contributed by atoms with Gasteiger partial charge in [0.25, 0.3) is 0 Å². The molecule has 0 aromatic heterocycles. The number of nitrogens with zero attached hydrogens (tertiary/aromatic N) is 1. The van der Waals surface area contributed by atoms with Crippen molar-refractivity contribution in [3.05, 3.63) is 28.2 Å². The number of phenols is 1. The molecule has 0 saturated carbocycles. The Kier molecular flexibility index (Phi) is 1.89. The quantitative estimate of drug-likeness (QED) is 0.626. The fraction of sp³-hybridized carbons (Fsp3) is 0.250. The van der Waals surface area contributed by atoms with Crippen molar-refractivity contribution < 1.29 is 5.11 Å². The number of aromatic hydroxyl groups is 1. The summed E-state index contributed by atoms with van der Waals surface area (Å²) in [4.78, 5) is 10.2. The van der Waals surface area contributed by atoms with Crippen molar-refractivity contribution in [2.75, 3.05) is 0 Å². The molecular weight excluding hydrogens is 142 g/mol. The van der Waals surface area contributed by atoms with Gasteiger partial charge in [0, 0.05) is 0 Å². The first-order valence-corrected chi connectivity index (χ1v) is 3.29. The molecule has 0 fully saturated rings. The molecule has 3 nitrogen and oxygen atoms in total. The lowest BCUT2D eigenvalue weighted by Gasteiger charge is -2.02. The van der Waals surface area contributed by atoms with Crippen molar-refractivity contribution in [3.8, 4) is 5.75 Å². The third-order valence-electron chi connectivity index (χ3n) is 1.83. The summed E-state index contributed by atoms with van der Waals surface area (Å²) in [5, 5.41) is 12.0. The van der Waals surface area contributed by atoms with Crippen molar-refractivity contribution in [3.63, 3.8) is 0 Å². The molecule has 11 heavy (non-hydrogen) atoms. The van der Waals surface area contributed by atoms with Crippen LogP contribution in [0.5, 0.6) is 5.75 Å². The van der Waals surface area contributed by atoms with Crippen molar-refractivity contribution in [2.24, 2.45) is 5.18 Å². The van der Waals surface area contributed by atoms with E-state index in [2.05, 4.69) is 5.18 Å². The van der Waals surface area contributed by atoms with Crippen LogP contribution >= 0.6 is 0 Å². The van der Waals surface area contributed by atoms with E-state index in [1.165, 1.54) is 12.1 Å². The third kappa shape index (κ3) is 1.22. The third-order valence-corrected chi connectivity index (χ3v) is 1.83. The van der Waals surface area contributed by atoms with Gasteiger partial charge in [0.2, 0.25) is 0 Å². The van der Waals surface area contributed by atoms with E-state index >= 15 is 0 Å². The second-order valence-corrected chi connectivity index (χ2v) is 2.45. The fourth-order valence-electron chi connectivity index (χ4n) is 0.891. The summed E-state index contributed by atoms with van der Waals surface area (Å²) in [6.45, 7) is 3.51. The molecular formula is C8H9NO2. The molecule has 0 atom stereocenters. The van der Waals surface area contributed by atoms with Gasteiger partial charge in [-0.15, -0.1) is 4.91 Å². The van der Waals surface area contributed by atoms with Crippen LogP contribution in [0.15, 0.2) is 17.3 Å². The summed E-state index contributed by atoms with van der Waals surface area (Å²) in [6.07, 6.45) is 0. The maximum atomic E-state index is 10.2. The zero-order valence-electron chi connectivity index (χ0n) is 6.46. The predicted octanol–water partition coefficient (Wildman–Crippen LogP) is 2.41. The average molecular weight is 151 g/mol. The number of hydrogen-bond donors (Lipinski definition) is 1. The SMILES string of the molecule is Cc1c(O)ccc(N=O)c1C. The van der Waals surface area contributed by atoms with Gasteiger partial charge in [-0.05, 0) is 42.3 Å². The van der Waals surface area contributed by atoms with E-state index in [4.69, 9.17) is 0 Å². The molecule has 58 valence electrons. The van der Waals surface area contributed by atoms with Gasteiger partial charge in [0.15, 0.2) is 0 Å². The molecule has 0 aliphatic carbocycles. The summed E-state index contributed by atoms with van der Waals surface area (Å²) in [5.41, 5.74) is 1.84. The van der Waals surface area contributed by atoms with Crippen molar-refractivity contribution >= 4 is 5.69 Å². The molecule has 1 aromatic rings. The Morgan fingerprint density at radius 2 is 1.91 bits per heavy atom. The van der Waals surface area contributed by atoms with Crippen LogP contribution in [0.2, 0.25) is 0 Å². The van der Waals surface area contributed by atoms with Crippen LogP contribution in [0.3, 0.4) is 0 Å². The smallest absolute Gasteiger partial charge is 0.118 e. The second kappa shape index (κ2) is 2.70. The summed E-state index contributed by atoms with van der Waals surface area (Å²) in [7, 11) is 0. The van der Waals surface area contributed by atoms with Gasteiger partial charge < -0.3 is 5.11 Å². The van der Waals surface area contributed by atoms with Crippen LogP contribution in [0, 0.1) is 18.8 Å². The lowest BCUT2D eigenvalue weighted by molar-refractivity contribution is 0.470. The highest BCUT2D eigenvalue weighted by Gasteiger charge is 2.04.